The molecule has 0 aromatic rings. The highest BCUT2D eigenvalue weighted by Gasteiger charge is 1.80. The first kappa shape index (κ1) is 6.69. The molecule has 0 radical (unpaired) electrons. The molecule has 7 heavy (non-hydrogen) atoms. The Labute approximate surface area is 48.0 Å². The molecule has 0 heterocycles. The second kappa shape index (κ2) is 3.87. The van der Waals surface area contributed by atoms with Crippen LogP contribution in [0.1, 0.15) is 6.92 Å². The van der Waals surface area contributed by atoms with Gasteiger partial charge >= 0.3 is 0 Å². The van der Waals surface area contributed by atoms with E-state index in [4.69, 9.17) is 0 Å². The van der Waals surface area contributed by atoms with Crippen molar-refractivity contribution < 1.29 is 4.79 Å². The Morgan fingerprint density at radius 3 is 2.57 bits per heavy atom. The molecule has 0 aliphatic heterocycles. The summed E-state index contributed by atoms with van der Waals surface area (Å²) in [6.07, 6.45) is 1.96. The highest BCUT2D eigenvalue weighted by atomic mass is 32.1. The highest BCUT2D eigenvalue weighted by molar-refractivity contribution is 7.81. The summed E-state index contributed by atoms with van der Waals surface area (Å²) in [6.45, 7) is 1.83. The number of hydrogen-bond acceptors (Lipinski definition) is 2. The molecule has 0 rings (SSSR count). The van der Waals surface area contributed by atoms with E-state index in [0.717, 1.165) is 0 Å². The minimum Gasteiger partial charge on any atom is -0.276 e. The van der Waals surface area contributed by atoms with Gasteiger partial charge in [0.25, 0.3) is 0 Å². The van der Waals surface area contributed by atoms with Gasteiger partial charge in [-0.3, -0.25) is 4.79 Å². The monoisotopic (exact) mass is 117 g/mol. The molecular formula is C4H7NOS. The van der Waals surface area contributed by atoms with Gasteiger partial charge in [-0.2, -0.15) is 12.6 Å². The number of amides is 1. The third-order valence-corrected chi connectivity index (χ3v) is 0.496. The number of rotatable bonds is 2. The molecule has 0 aliphatic rings. The molecular weight excluding hydrogens is 110 g/mol. The Hall–Kier alpha value is -0.310. The van der Waals surface area contributed by atoms with Crippen molar-refractivity contribution in [3.05, 3.63) is 0 Å². The van der Waals surface area contributed by atoms with E-state index in [9.17, 15) is 4.79 Å². The number of carbonyl (C=O) groups is 1. The predicted octanol–water partition coefficient (Wildman–Crippen LogP) is 0.532. The van der Waals surface area contributed by atoms with Crippen molar-refractivity contribution in [2.45, 2.75) is 12.2 Å². The zero-order chi connectivity index (χ0) is 5.70. The zero-order valence-electron chi connectivity index (χ0n) is 4.03. The first-order valence-corrected chi connectivity index (χ1v) is 2.44. The average Bonchev–Trinajstić information content (AvgIpc) is 1.61. The summed E-state index contributed by atoms with van der Waals surface area (Å²) in [5.74, 6) is 0. The SMILES string of the molecule is C[C@H](S)C=NC=O. The van der Waals surface area contributed by atoms with Crippen LogP contribution in [0.25, 0.3) is 0 Å². The first-order valence-electron chi connectivity index (χ1n) is 1.92. The molecule has 0 fully saturated rings. The Morgan fingerprint density at radius 1 is 1.86 bits per heavy atom. The normalized spacial score (nSPS) is 14.6. The van der Waals surface area contributed by atoms with Crippen molar-refractivity contribution in [1.29, 1.82) is 0 Å². The van der Waals surface area contributed by atoms with Gasteiger partial charge in [-0.25, -0.2) is 4.99 Å². The first-order chi connectivity index (χ1) is 3.27. The summed E-state index contributed by atoms with van der Waals surface area (Å²) in [7, 11) is 0. The van der Waals surface area contributed by atoms with Crippen molar-refractivity contribution in [3.8, 4) is 0 Å². The van der Waals surface area contributed by atoms with Gasteiger partial charge in [0.15, 0.2) is 0 Å². The van der Waals surface area contributed by atoms with Gasteiger partial charge in [0.05, 0.1) is 0 Å². The molecule has 0 aliphatic carbocycles. The summed E-state index contributed by atoms with van der Waals surface area (Å²) < 4.78 is 0. The largest absolute Gasteiger partial charge is 0.276 e. The number of thiol groups is 1. The van der Waals surface area contributed by atoms with Crippen LogP contribution in [0.4, 0.5) is 0 Å². The lowest BCUT2D eigenvalue weighted by molar-refractivity contribution is -0.106. The van der Waals surface area contributed by atoms with Crippen LogP contribution in [0.5, 0.6) is 0 Å². The summed E-state index contributed by atoms with van der Waals surface area (Å²) >= 11 is 3.92. The third kappa shape index (κ3) is 5.69. The minimum atomic E-state index is 0.0743. The van der Waals surface area contributed by atoms with Crippen molar-refractivity contribution in [1.82, 2.24) is 0 Å². The van der Waals surface area contributed by atoms with E-state index in [1.807, 2.05) is 6.92 Å². The van der Waals surface area contributed by atoms with Crippen molar-refractivity contribution >= 4 is 25.3 Å². The van der Waals surface area contributed by atoms with Gasteiger partial charge in [-0.05, 0) is 6.92 Å². The van der Waals surface area contributed by atoms with E-state index < -0.39 is 0 Å². The molecule has 1 atom stereocenters. The minimum absolute atomic E-state index is 0.0743. The van der Waals surface area contributed by atoms with Gasteiger partial charge in [-0.1, -0.05) is 0 Å². The van der Waals surface area contributed by atoms with Crippen molar-refractivity contribution in [3.63, 3.8) is 0 Å². The maximum atomic E-state index is 9.48. The predicted molar refractivity (Wildman–Crippen MR) is 33.0 cm³/mol. The second-order valence-corrected chi connectivity index (χ2v) is 1.96. The number of aliphatic imine (C=N–C) groups is 1. The van der Waals surface area contributed by atoms with Crippen LogP contribution in [-0.2, 0) is 4.79 Å². The number of carbonyl (C=O) groups excluding carboxylic acids is 1. The van der Waals surface area contributed by atoms with Crippen LogP contribution in [0.2, 0.25) is 0 Å². The lowest BCUT2D eigenvalue weighted by Crippen LogP contribution is -1.89. The number of nitrogens with zero attached hydrogens (tertiary/aromatic N) is 1. The Morgan fingerprint density at radius 2 is 2.43 bits per heavy atom. The fourth-order valence-corrected chi connectivity index (χ4v) is 0.237. The van der Waals surface area contributed by atoms with Gasteiger partial charge in [-0.15, -0.1) is 0 Å². The maximum absolute atomic E-state index is 9.48. The fourth-order valence-electron chi connectivity index (χ4n) is 0.160. The molecule has 0 aromatic carbocycles. The second-order valence-electron chi connectivity index (χ2n) is 1.14. The Bertz CT molecular complexity index is 79.8. The van der Waals surface area contributed by atoms with Crippen LogP contribution in [0.15, 0.2) is 4.99 Å². The Balaban J connectivity index is 3.25. The summed E-state index contributed by atoms with van der Waals surface area (Å²) in [6, 6.07) is 0. The van der Waals surface area contributed by atoms with E-state index in [-0.39, 0.29) is 5.25 Å². The van der Waals surface area contributed by atoms with Crippen LogP contribution >= 0.6 is 12.6 Å². The molecule has 0 spiro atoms. The van der Waals surface area contributed by atoms with Crippen molar-refractivity contribution in [2.75, 3.05) is 0 Å². The van der Waals surface area contributed by atoms with E-state index in [0.29, 0.717) is 6.41 Å². The highest BCUT2D eigenvalue weighted by Crippen LogP contribution is 1.84. The lowest BCUT2D eigenvalue weighted by Gasteiger charge is -1.84. The quantitative estimate of drug-likeness (QED) is 0.319. The standard InChI is InChI=1S/C4H7NOS/c1-4(7)2-5-3-6/h2-4,7H,1H3/t4-/m0/s1. The molecule has 0 saturated carbocycles. The summed E-state index contributed by atoms with van der Waals surface area (Å²) in [5.41, 5.74) is 0. The topological polar surface area (TPSA) is 29.4 Å². The van der Waals surface area contributed by atoms with Crippen molar-refractivity contribution in [2.24, 2.45) is 4.99 Å². The van der Waals surface area contributed by atoms with E-state index in [2.05, 4.69) is 17.6 Å². The summed E-state index contributed by atoms with van der Waals surface area (Å²) in [5, 5.41) is 0.0743. The molecule has 3 heteroatoms. The molecule has 0 unspecified atom stereocenters. The Kier molecular flexibility index (Phi) is 3.69. The lowest BCUT2D eigenvalue weighted by atomic mass is 10.5. The molecule has 0 bridgehead atoms. The van der Waals surface area contributed by atoms with Crippen LogP contribution in [-0.4, -0.2) is 17.9 Å². The van der Waals surface area contributed by atoms with E-state index in [1.165, 1.54) is 6.21 Å². The fraction of sp³-hybridized carbons (Fsp3) is 0.500. The molecule has 2 nitrogen and oxygen atoms in total. The maximum Gasteiger partial charge on any atom is 0.232 e. The van der Waals surface area contributed by atoms with Gasteiger partial charge in [0.2, 0.25) is 6.41 Å². The average molecular weight is 117 g/mol. The van der Waals surface area contributed by atoms with Gasteiger partial charge in [0, 0.05) is 11.5 Å². The molecule has 0 aromatic heterocycles. The van der Waals surface area contributed by atoms with E-state index >= 15 is 0 Å². The van der Waals surface area contributed by atoms with Gasteiger partial charge in [0.1, 0.15) is 0 Å². The molecule has 40 valence electrons. The third-order valence-electron chi connectivity index (χ3n) is 0.363. The van der Waals surface area contributed by atoms with Crippen LogP contribution in [0, 0.1) is 0 Å². The van der Waals surface area contributed by atoms with Crippen LogP contribution in [0.3, 0.4) is 0 Å². The van der Waals surface area contributed by atoms with E-state index in [1.54, 1.807) is 0 Å². The number of hydrogen-bond donors (Lipinski definition) is 1. The molecule has 1 amide bonds. The molecule has 0 N–H and O–H groups in total. The zero-order valence-corrected chi connectivity index (χ0v) is 4.93. The van der Waals surface area contributed by atoms with Crippen LogP contribution < -0.4 is 0 Å². The molecule has 0 saturated heterocycles. The summed E-state index contributed by atoms with van der Waals surface area (Å²) in [4.78, 5) is 12.8. The van der Waals surface area contributed by atoms with Gasteiger partial charge < -0.3 is 0 Å². The smallest absolute Gasteiger partial charge is 0.232 e.